The fourth-order valence-electron chi connectivity index (χ4n) is 0.885. The summed E-state index contributed by atoms with van der Waals surface area (Å²) in [6, 6.07) is 0.0324. The molecule has 0 rings (SSSR count). The van der Waals surface area contributed by atoms with Crippen molar-refractivity contribution in [2.45, 2.75) is 19.9 Å². The van der Waals surface area contributed by atoms with Gasteiger partial charge in [-0.05, 0) is 13.0 Å². The molecule has 0 saturated carbocycles. The van der Waals surface area contributed by atoms with Gasteiger partial charge >= 0.3 is 0 Å². The summed E-state index contributed by atoms with van der Waals surface area (Å²) in [6.45, 7) is 7.50. The van der Waals surface area contributed by atoms with E-state index in [1.807, 2.05) is 20.9 Å². The van der Waals surface area contributed by atoms with Gasteiger partial charge in [0.05, 0.1) is 6.04 Å². The molecule has 0 aliphatic heterocycles. The number of aliphatic hydroxyl groups excluding tert-OH is 1. The highest BCUT2D eigenvalue weighted by Gasteiger charge is 2.12. The lowest BCUT2D eigenvalue weighted by Gasteiger charge is -2.17. The van der Waals surface area contributed by atoms with E-state index in [-0.39, 0.29) is 11.8 Å². The number of aliphatic hydroxyl groups is 1. The van der Waals surface area contributed by atoms with Crippen LogP contribution in [0.5, 0.6) is 0 Å². The van der Waals surface area contributed by atoms with Crippen molar-refractivity contribution in [2.24, 2.45) is 5.92 Å². The van der Waals surface area contributed by atoms with E-state index in [4.69, 9.17) is 5.11 Å². The van der Waals surface area contributed by atoms with Crippen molar-refractivity contribution in [3.8, 4) is 0 Å². The molecular weight excluding hydrogens is 114 g/mol. The zero-order valence-electron chi connectivity index (χ0n) is 6.31. The first kappa shape index (κ1) is 8.50. The summed E-state index contributed by atoms with van der Waals surface area (Å²) < 4.78 is 0. The lowest BCUT2D eigenvalue weighted by atomic mass is 10.0. The molecule has 0 aliphatic rings. The maximum absolute atomic E-state index is 8.93. The minimum Gasteiger partial charge on any atom is -0.511 e. The minimum atomic E-state index is 0.0324. The molecule has 0 amide bonds. The third-order valence-corrected chi connectivity index (χ3v) is 1.34. The van der Waals surface area contributed by atoms with Crippen LogP contribution in [0.15, 0.2) is 12.3 Å². The first-order chi connectivity index (χ1) is 4.09. The van der Waals surface area contributed by atoms with Gasteiger partial charge in [-0.25, -0.2) is 0 Å². The first-order valence-electron chi connectivity index (χ1n) is 3.14. The molecule has 0 radical (unpaired) electrons. The van der Waals surface area contributed by atoms with Gasteiger partial charge in [0.15, 0.2) is 0 Å². The summed E-state index contributed by atoms with van der Waals surface area (Å²) in [4.78, 5) is 0. The predicted molar refractivity (Wildman–Crippen MR) is 39.5 cm³/mol. The molecule has 54 valence electrons. The second kappa shape index (κ2) is 3.51. The molecule has 9 heavy (non-hydrogen) atoms. The number of likely N-dealkylation sites (N-methyl/N-ethyl adjacent to an activating group) is 1. The van der Waals surface area contributed by atoms with Gasteiger partial charge in [-0.1, -0.05) is 20.4 Å². The van der Waals surface area contributed by atoms with Crippen molar-refractivity contribution >= 4 is 0 Å². The zero-order chi connectivity index (χ0) is 7.44. The number of nitrogens with one attached hydrogen (secondary N) is 1. The Balaban J connectivity index is 3.83. The second-order valence-corrected chi connectivity index (χ2v) is 2.50. The van der Waals surface area contributed by atoms with Crippen LogP contribution in [0.4, 0.5) is 0 Å². The predicted octanol–water partition coefficient (Wildman–Crippen LogP) is 1.30. The SMILES string of the molecule is C=C(O)C(NC)C(C)C. The van der Waals surface area contributed by atoms with Crippen LogP contribution in [-0.4, -0.2) is 18.2 Å². The largest absolute Gasteiger partial charge is 0.511 e. The Hall–Kier alpha value is -0.500. The van der Waals surface area contributed by atoms with Crippen molar-refractivity contribution in [1.82, 2.24) is 5.32 Å². The van der Waals surface area contributed by atoms with E-state index in [9.17, 15) is 0 Å². The summed E-state index contributed by atoms with van der Waals surface area (Å²) in [5.74, 6) is 0.611. The molecule has 0 aromatic rings. The van der Waals surface area contributed by atoms with Crippen LogP contribution in [0.2, 0.25) is 0 Å². The van der Waals surface area contributed by atoms with Crippen molar-refractivity contribution in [3.05, 3.63) is 12.3 Å². The molecule has 2 nitrogen and oxygen atoms in total. The van der Waals surface area contributed by atoms with Gasteiger partial charge < -0.3 is 10.4 Å². The molecule has 0 spiro atoms. The highest BCUT2D eigenvalue weighted by atomic mass is 16.3. The van der Waals surface area contributed by atoms with E-state index in [0.717, 1.165) is 0 Å². The van der Waals surface area contributed by atoms with Crippen LogP contribution in [-0.2, 0) is 0 Å². The van der Waals surface area contributed by atoms with Gasteiger partial charge in [0.1, 0.15) is 5.76 Å². The third-order valence-electron chi connectivity index (χ3n) is 1.34. The van der Waals surface area contributed by atoms with E-state index >= 15 is 0 Å². The van der Waals surface area contributed by atoms with Crippen molar-refractivity contribution < 1.29 is 5.11 Å². The van der Waals surface area contributed by atoms with Gasteiger partial charge in [-0.2, -0.15) is 0 Å². The number of hydrogen-bond donors (Lipinski definition) is 2. The molecular formula is C7H15NO. The highest BCUT2D eigenvalue weighted by Crippen LogP contribution is 2.06. The third kappa shape index (κ3) is 2.51. The van der Waals surface area contributed by atoms with Crippen molar-refractivity contribution in [3.63, 3.8) is 0 Å². The fourth-order valence-corrected chi connectivity index (χ4v) is 0.885. The molecule has 1 atom stereocenters. The maximum Gasteiger partial charge on any atom is 0.102 e. The molecule has 2 N–H and O–H groups in total. The molecule has 0 fully saturated rings. The molecule has 0 saturated heterocycles. The minimum absolute atomic E-state index is 0.0324. The molecule has 1 unspecified atom stereocenters. The lowest BCUT2D eigenvalue weighted by molar-refractivity contribution is 0.311. The van der Waals surface area contributed by atoms with E-state index in [1.54, 1.807) is 0 Å². The van der Waals surface area contributed by atoms with E-state index < -0.39 is 0 Å². The van der Waals surface area contributed by atoms with Gasteiger partial charge in [0.25, 0.3) is 0 Å². The van der Waals surface area contributed by atoms with Crippen molar-refractivity contribution in [1.29, 1.82) is 0 Å². The Kier molecular flexibility index (Phi) is 3.32. The van der Waals surface area contributed by atoms with Gasteiger partial charge in [0.2, 0.25) is 0 Å². The van der Waals surface area contributed by atoms with Crippen LogP contribution in [0, 0.1) is 5.92 Å². The molecule has 0 bridgehead atoms. The zero-order valence-corrected chi connectivity index (χ0v) is 6.31. The lowest BCUT2D eigenvalue weighted by Crippen LogP contribution is -2.31. The van der Waals surface area contributed by atoms with Crippen LogP contribution in [0.3, 0.4) is 0 Å². The standard InChI is InChI=1S/C7H15NO/c1-5(2)7(8-4)6(3)9/h5,7-9H,3H2,1-2,4H3. The summed E-state index contributed by atoms with van der Waals surface area (Å²) >= 11 is 0. The first-order valence-corrected chi connectivity index (χ1v) is 3.14. The summed E-state index contributed by atoms with van der Waals surface area (Å²) in [6.07, 6.45) is 0. The average molecular weight is 129 g/mol. The van der Waals surface area contributed by atoms with Crippen LogP contribution >= 0.6 is 0 Å². The van der Waals surface area contributed by atoms with Gasteiger partial charge in [-0.15, -0.1) is 0 Å². The quantitative estimate of drug-likeness (QED) is 0.563. The van der Waals surface area contributed by atoms with E-state index in [0.29, 0.717) is 5.92 Å². The van der Waals surface area contributed by atoms with Gasteiger partial charge in [-0.3, -0.25) is 0 Å². The van der Waals surface area contributed by atoms with Crippen LogP contribution in [0.1, 0.15) is 13.8 Å². The smallest absolute Gasteiger partial charge is 0.102 e. The monoisotopic (exact) mass is 129 g/mol. The molecule has 0 aromatic carbocycles. The Morgan fingerprint density at radius 2 is 2.00 bits per heavy atom. The van der Waals surface area contributed by atoms with E-state index in [1.165, 1.54) is 0 Å². The Morgan fingerprint density at radius 1 is 1.56 bits per heavy atom. The molecule has 0 aromatic heterocycles. The van der Waals surface area contributed by atoms with Crippen molar-refractivity contribution in [2.75, 3.05) is 7.05 Å². The van der Waals surface area contributed by atoms with Gasteiger partial charge in [0, 0.05) is 0 Å². The number of hydrogen-bond acceptors (Lipinski definition) is 2. The Bertz CT molecular complexity index is 99.1. The molecule has 0 heterocycles. The van der Waals surface area contributed by atoms with Crippen LogP contribution in [0.25, 0.3) is 0 Å². The Labute approximate surface area is 56.6 Å². The van der Waals surface area contributed by atoms with E-state index in [2.05, 4.69) is 11.9 Å². The Morgan fingerprint density at radius 3 is 2.00 bits per heavy atom. The fraction of sp³-hybridized carbons (Fsp3) is 0.714. The second-order valence-electron chi connectivity index (χ2n) is 2.50. The highest BCUT2D eigenvalue weighted by molar-refractivity contribution is 4.95. The topological polar surface area (TPSA) is 32.3 Å². The normalized spacial score (nSPS) is 13.8. The molecule has 0 aliphatic carbocycles. The van der Waals surface area contributed by atoms with Crippen LogP contribution < -0.4 is 5.32 Å². The maximum atomic E-state index is 8.93. The average Bonchev–Trinajstić information content (AvgIpc) is 1.64. The number of rotatable bonds is 3. The summed E-state index contributed by atoms with van der Waals surface area (Å²) in [7, 11) is 1.81. The molecule has 2 heteroatoms. The summed E-state index contributed by atoms with van der Waals surface area (Å²) in [5, 5.41) is 11.9. The summed E-state index contributed by atoms with van der Waals surface area (Å²) in [5.41, 5.74) is 0.